The molecule has 0 aliphatic heterocycles. The normalized spacial score (nSPS) is 53.2. The van der Waals surface area contributed by atoms with Gasteiger partial charge in [-0.25, -0.2) is 0 Å². The molecule has 0 radical (unpaired) electrons. The van der Waals surface area contributed by atoms with E-state index in [4.69, 9.17) is 4.43 Å². The second-order valence-electron chi connectivity index (χ2n) is 16.9. The van der Waals surface area contributed by atoms with Crippen molar-refractivity contribution in [3.05, 3.63) is 12.2 Å². The van der Waals surface area contributed by atoms with Crippen LogP contribution in [0.1, 0.15) is 113 Å². The lowest BCUT2D eigenvalue weighted by atomic mass is 9.32. The minimum atomic E-state index is -1.54. The zero-order valence-corrected chi connectivity index (χ0v) is 26.2. The molecule has 5 aliphatic carbocycles. The van der Waals surface area contributed by atoms with Gasteiger partial charge in [0.2, 0.25) is 0 Å². The first-order chi connectivity index (χ1) is 16.0. The summed E-state index contributed by atoms with van der Waals surface area (Å²) >= 11 is 0. The van der Waals surface area contributed by atoms with E-state index in [1.807, 2.05) is 0 Å². The molecule has 0 spiro atoms. The van der Waals surface area contributed by atoms with Crippen LogP contribution < -0.4 is 0 Å². The molecule has 0 aromatic rings. The quantitative estimate of drug-likeness (QED) is 0.278. The van der Waals surface area contributed by atoms with E-state index >= 15 is 0 Å². The second kappa shape index (κ2) is 7.97. The monoisotopic (exact) mass is 498 g/mol. The molecule has 0 amide bonds. The van der Waals surface area contributed by atoms with Gasteiger partial charge in [-0.2, -0.15) is 0 Å². The summed E-state index contributed by atoms with van der Waals surface area (Å²) in [6.07, 6.45) is 14.7. The Balaban J connectivity index is 1.49. The van der Waals surface area contributed by atoms with Gasteiger partial charge in [-0.3, -0.25) is 0 Å². The molecule has 0 heterocycles. The van der Waals surface area contributed by atoms with Crippen molar-refractivity contribution >= 4 is 8.32 Å². The molecule has 35 heavy (non-hydrogen) atoms. The van der Waals surface area contributed by atoms with Gasteiger partial charge in [0.15, 0.2) is 8.32 Å². The highest BCUT2D eigenvalue weighted by atomic mass is 28.4. The van der Waals surface area contributed by atoms with Gasteiger partial charge in [0.1, 0.15) is 0 Å². The van der Waals surface area contributed by atoms with Gasteiger partial charge in [0, 0.05) is 0 Å². The Hall–Kier alpha value is -0.0831. The summed E-state index contributed by atoms with van der Waals surface area (Å²) in [6.45, 7) is 30.2. The fraction of sp³-hybridized carbons (Fsp3) is 0.939. The van der Waals surface area contributed by atoms with Crippen LogP contribution in [-0.4, -0.2) is 14.4 Å². The molecular formula is C33H58OSi. The van der Waals surface area contributed by atoms with Crippen LogP contribution in [0.2, 0.25) is 19.6 Å². The highest BCUT2D eigenvalue weighted by Gasteiger charge is 2.70. The minimum Gasteiger partial charge on any atom is -0.414 e. The SMILES string of the molecule is C=C(C)[C@@H]1CCC2(C)CC[C@]3(C)C(CCC4C5(C)CCC(O[Si](C)(C)C)C(C)(C)C5CCC43C)C12. The van der Waals surface area contributed by atoms with Crippen LogP contribution in [0.4, 0.5) is 0 Å². The second-order valence-corrected chi connectivity index (χ2v) is 21.4. The van der Waals surface area contributed by atoms with Crippen molar-refractivity contribution in [2.75, 3.05) is 0 Å². The molecule has 0 aromatic carbocycles. The Morgan fingerprint density at radius 1 is 0.743 bits per heavy atom. The number of hydrogen-bond donors (Lipinski definition) is 0. The Morgan fingerprint density at radius 3 is 2.06 bits per heavy atom. The highest BCUT2D eigenvalue weighted by molar-refractivity contribution is 6.69. The molecule has 5 aliphatic rings. The number of rotatable bonds is 3. The lowest BCUT2D eigenvalue weighted by molar-refractivity contribution is -0.245. The van der Waals surface area contributed by atoms with E-state index in [1.165, 1.54) is 69.8 Å². The summed E-state index contributed by atoms with van der Waals surface area (Å²) in [7, 11) is -1.54. The Labute approximate surface area is 219 Å². The van der Waals surface area contributed by atoms with Gasteiger partial charge in [0.05, 0.1) is 6.10 Å². The van der Waals surface area contributed by atoms with Gasteiger partial charge in [-0.15, -0.1) is 0 Å². The van der Waals surface area contributed by atoms with Crippen molar-refractivity contribution in [1.82, 2.24) is 0 Å². The first-order valence-electron chi connectivity index (χ1n) is 15.3. The van der Waals surface area contributed by atoms with E-state index in [2.05, 4.69) is 74.7 Å². The largest absolute Gasteiger partial charge is 0.414 e. The predicted molar refractivity (Wildman–Crippen MR) is 153 cm³/mol. The van der Waals surface area contributed by atoms with E-state index in [0.29, 0.717) is 27.8 Å². The van der Waals surface area contributed by atoms with Gasteiger partial charge >= 0.3 is 0 Å². The maximum Gasteiger partial charge on any atom is 0.184 e. The molecule has 5 saturated carbocycles. The topological polar surface area (TPSA) is 9.23 Å². The van der Waals surface area contributed by atoms with Gasteiger partial charge < -0.3 is 4.43 Å². The molecule has 0 saturated heterocycles. The lowest BCUT2D eigenvalue weighted by Crippen LogP contribution is -2.66. The molecule has 5 rings (SSSR count). The third-order valence-electron chi connectivity index (χ3n) is 13.9. The average Bonchev–Trinajstić information content (AvgIpc) is 3.08. The Kier molecular flexibility index (Phi) is 6.04. The van der Waals surface area contributed by atoms with Gasteiger partial charge in [-0.05, 0) is 147 Å². The molecule has 200 valence electrons. The van der Waals surface area contributed by atoms with Crippen LogP contribution in [0.5, 0.6) is 0 Å². The van der Waals surface area contributed by atoms with Gasteiger partial charge in [0.25, 0.3) is 0 Å². The van der Waals surface area contributed by atoms with E-state index < -0.39 is 8.32 Å². The zero-order valence-electron chi connectivity index (χ0n) is 25.2. The average molecular weight is 499 g/mol. The third-order valence-corrected chi connectivity index (χ3v) is 14.9. The van der Waals surface area contributed by atoms with Crippen LogP contribution in [0.3, 0.4) is 0 Å². The van der Waals surface area contributed by atoms with Crippen molar-refractivity contribution < 1.29 is 4.43 Å². The van der Waals surface area contributed by atoms with Crippen molar-refractivity contribution in [3.8, 4) is 0 Å². The summed E-state index contributed by atoms with van der Waals surface area (Å²) < 4.78 is 6.88. The summed E-state index contributed by atoms with van der Waals surface area (Å²) in [5.74, 6) is 4.21. The predicted octanol–water partition coefficient (Wildman–Crippen LogP) is 9.88. The lowest BCUT2D eigenvalue weighted by Gasteiger charge is -2.73. The first kappa shape index (κ1) is 26.5. The molecule has 5 fully saturated rings. The van der Waals surface area contributed by atoms with Crippen LogP contribution in [0.15, 0.2) is 12.2 Å². The first-order valence-corrected chi connectivity index (χ1v) is 18.7. The summed E-state index contributed by atoms with van der Waals surface area (Å²) in [4.78, 5) is 0. The summed E-state index contributed by atoms with van der Waals surface area (Å²) in [5.41, 5.74) is 3.76. The molecule has 1 nitrogen and oxygen atoms in total. The molecule has 0 bridgehead atoms. The smallest absolute Gasteiger partial charge is 0.184 e. The maximum absolute atomic E-state index is 6.88. The van der Waals surface area contributed by atoms with Crippen molar-refractivity contribution in [1.29, 1.82) is 0 Å². The van der Waals surface area contributed by atoms with E-state index in [0.717, 1.165) is 29.6 Å². The molecular weight excluding hydrogens is 440 g/mol. The van der Waals surface area contributed by atoms with E-state index in [1.54, 1.807) is 0 Å². The van der Waals surface area contributed by atoms with Crippen molar-refractivity contribution in [2.24, 2.45) is 56.7 Å². The minimum absolute atomic E-state index is 0.286. The van der Waals surface area contributed by atoms with Gasteiger partial charge in [-0.1, -0.05) is 53.7 Å². The Morgan fingerprint density at radius 2 is 1.43 bits per heavy atom. The van der Waals surface area contributed by atoms with Crippen LogP contribution in [-0.2, 0) is 4.43 Å². The maximum atomic E-state index is 6.88. The number of allylic oxidation sites excluding steroid dienone is 1. The third kappa shape index (κ3) is 3.60. The standard InChI is InChI=1S/C33H58OSi/c1-22(2)23-14-17-30(5)20-21-32(7)24(28(23)30)12-13-26-31(6)18-16-27(34-35(9,10)11)29(3,4)25(31)15-19-33(26,32)8/h23-28H,1,12-21H2,2-11H3/t23-,24?,25?,26?,27?,28?,30?,31?,32+,33?/m0/s1. The van der Waals surface area contributed by atoms with Crippen molar-refractivity contribution in [2.45, 2.75) is 138 Å². The van der Waals surface area contributed by atoms with Crippen LogP contribution in [0, 0.1) is 56.7 Å². The summed E-state index contributed by atoms with van der Waals surface area (Å²) in [6, 6.07) is 0. The van der Waals surface area contributed by atoms with E-state index in [-0.39, 0.29) is 5.41 Å². The zero-order chi connectivity index (χ0) is 25.8. The molecule has 8 unspecified atom stereocenters. The molecule has 0 N–H and O–H groups in total. The van der Waals surface area contributed by atoms with E-state index in [9.17, 15) is 0 Å². The van der Waals surface area contributed by atoms with Crippen molar-refractivity contribution in [3.63, 3.8) is 0 Å². The molecule has 2 heteroatoms. The highest BCUT2D eigenvalue weighted by Crippen LogP contribution is 2.77. The number of hydrogen-bond acceptors (Lipinski definition) is 1. The summed E-state index contributed by atoms with van der Waals surface area (Å²) in [5, 5.41) is 0. The fourth-order valence-corrected chi connectivity index (χ4v) is 13.4. The molecule has 10 atom stereocenters. The Bertz CT molecular complexity index is 869. The van der Waals surface area contributed by atoms with Crippen LogP contribution in [0.25, 0.3) is 0 Å². The molecule has 0 aromatic heterocycles. The van der Waals surface area contributed by atoms with Crippen LogP contribution >= 0.6 is 0 Å². The number of fused-ring (bicyclic) bond motifs is 7. The fourth-order valence-electron chi connectivity index (χ4n) is 12.1.